The van der Waals surface area contributed by atoms with Gasteiger partial charge in [0.15, 0.2) is 0 Å². The van der Waals surface area contributed by atoms with E-state index < -0.39 is 0 Å². The van der Waals surface area contributed by atoms with Gasteiger partial charge in [-0.05, 0) is 135 Å². The van der Waals surface area contributed by atoms with Gasteiger partial charge in [-0.2, -0.15) is 0 Å². The molecule has 0 spiro atoms. The molecule has 0 amide bonds. The summed E-state index contributed by atoms with van der Waals surface area (Å²) in [5.41, 5.74) is 32.6. The highest BCUT2D eigenvalue weighted by Gasteiger charge is 2.37. The number of rotatable bonds is 10. The van der Waals surface area contributed by atoms with Gasteiger partial charge in [-0.25, -0.2) is 34.9 Å². The summed E-state index contributed by atoms with van der Waals surface area (Å²) in [5.74, 6) is 0. The van der Waals surface area contributed by atoms with Crippen molar-refractivity contribution in [3.05, 3.63) is 472 Å². The van der Waals surface area contributed by atoms with Crippen LogP contribution in [-0.4, -0.2) is 39.9 Å². The molecule has 29 rings (SSSR count). The third-order valence-corrected chi connectivity index (χ3v) is 32.2. The second-order valence-electron chi connectivity index (χ2n) is 36.1. The molecule has 0 saturated carbocycles. The highest BCUT2D eigenvalue weighted by Crippen LogP contribution is 2.54. The van der Waals surface area contributed by atoms with Gasteiger partial charge in [-0.15, -0.1) is 45.3 Å². The van der Waals surface area contributed by atoms with Crippen LogP contribution in [0.5, 0.6) is 0 Å². The van der Waals surface area contributed by atoms with Gasteiger partial charge in [-0.3, -0.25) is 4.98 Å². The van der Waals surface area contributed by atoms with Crippen molar-refractivity contribution >= 4 is 181 Å². The molecule has 12 heteroatoms. The number of fused-ring (bicyclic) bond motifs is 20. The number of pyridine rings is 2. The Hall–Kier alpha value is -17.1. The third-order valence-electron chi connectivity index (χ3n) is 27.3. The molecule has 19 aromatic carbocycles. The van der Waals surface area contributed by atoms with Crippen molar-refractivity contribution < 1.29 is 0 Å². The van der Waals surface area contributed by atoms with E-state index in [1.54, 1.807) is 0 Å². The van der Waals surface area contributed by atoms with E-state index in [2.05, 4.69) is 413 Å². The fourth-order valence-corrected chi connectivity index (χ4v) is 25.4. The van der Waals surface area contributed by atoms with E-state index in [-0.39, 0.29) is 5.41 Å². The van der Waals surface area contributed by atoms with Gasteiger partial charge >= 0.3 is 0 Å². The van der Waals surface area contributed by atoms with Gasteiger partial charge in [0.05, 0.1) is 84.2 Å². The molecule has 0 atom stereocenters. The molecule has 1 aliphatic carbocycles. The van der Waals surface area contributed by atoms with E-state index in [0.29, 0.717) is 0 Å². The lowest BCUT2D eigenvalue weighted by Gasteiger charge is -2.22. The standard InChI is InChI=1S/C39H26N2S.2C32H20N2S.C26H16N2S/c1-39(2)31-22-25(18-19-26(31)30-20-23-10-3-4-11-24(23)21-32(30)39)36-37(41-34-16-7-6-15-33(34)40-36)29-14-9-13-28-27-12-5-8-17-35(27)42-38(28)29;1-3-11-21(12-4-1)29-30(22-13-5-2-6-14-22)34-31-24(16-10-19-27(31)33-29)26-18-9-17-25-23-15-7-8-20-28(23)35-32(25)26;1-3-10-21(11-4-1)30-31(22-12-5-2-6-13-22)34-28-20-23(18-19-27(28)33-30)24-15-9-16-26-25-14-7-8-17-29(25)35-32(24)26;1-2-8-17(9-3-1)25-20-13-7-15-27-22(20)16-23(28-25)21-12-6-11-19-18-10-4-5-14-24(18)29-26(19)21/h3-22H,1-2H3;2*1-20H;1-16H. The van der Waals surface area contributed by atoms with Gasteiger partial charge < -0.3 is 0 Å². The summed E-state index contributed by atoms with van der Waals surface area (Å²) in [6.45, 7) is 4.70. The number of thiophene rings is 4. The summed E-state index contributed by atoms with van der Waals surface area (Å²) in [6, 6.07) is 160. The van der Waals surface area contributed by atoms with Crippen LogP contribution in [0, 0.1) is 0 Å². The maximum atomic E-state index is 5.30. The Kier molecular flexibility index (Phi) is 21.2. The zero-order valence-corrected chi connectivity index (χ0v) is 79.9. The van der Waals surface area contributed by atoms with Crippen molar-refractivity contribution in [2.45, 2.75) is 19.3 Å². The molecule has 9 aromatic heterocycles. The van der Waals surface area contributed by atoms with E-state index in [1.165, 1.54) is 125 Å². The fraction of sp³-hybridized carbons (Fsp3) is 0.0233. The zero-order valence-electron chi connectivity index (χ0n) is 76.6. The molecule has 0 aliphatic heterocycles. The molecule has 0 bridgehead atoms. The highest BCUT2D eigenvalue weighted by atomic mass is 32.1. The van der Waals surface area contributed by atoms with Gasteiger partial charge in [0.25, 0.3) is 0 Å². The molecule has 662 valence electrons. The Labute approximate surface area is 829 Å². The van der Waals surface area contributed by atoms with Crippen LogP contribution in [0.4, 0.5) is 0 Å². The molecule has 0 N–H and O–H groups in total. The molecule has 8 nitrogen and oxygen atoms in total. The van der Waals surface area contributed by atoms with E-state index in [4.69, 9.17) is 34.9 Å². The van der Waals surface area contributed by atoms with Crippen molar-refractivity contribution in [1.29, 1.82) is 0 Å². The van der Waals surface area contributed by atoms with Crippen LogP contribution in [0.3, 0.4) is 0 Å². The third kappa shape index (κ3) is 15.2. The largest absolute Gasteiger partial charge is 0.256 e. The Morgan fingerprint density at radius 2 is 0.546 bits per heavy atom. The summed E-state index contributed by atoms with van der Waals surface area (Å²) in [7, 11) is 0. The van der Waals surface area contributed by atoms with Crippen molar-refractivity contribution in [2.75, 3.05) is 0 Å². The minimum Gasteiger partial charge on any atom is -0.256 e. The summed E-state index contributed by atoms with van der Waals surface area (Å²) in [4.78, 5) is 41.1. The van der Waals surface area contributed by atoms with Crippen LogP contribution < -0.4 is 0 Å². The van der Waals surface area contributed by atoms with E-state index in [1.807, 2.05) is 112 Å². The van der Waals surface area contributed by atoms with E-state index in [9.17, 15) is 0 Å². The molecular weight excluding hydrogens is 1790 g/mol. The Balaban J connectivity index is 0.0000000973. The number of hydrogen-bond acceptors (Lipinski definition) is 12. The van der Waals surface area contributed by atoms with Crippen molar-refractivity contribution in [1.82, 2.24) is 39.9 Å². The van der Waals surface area contributed by atoms with Gasteiger partial charge in [0.1, 0.15) is 0 Å². The van der Waals surface area contributed by atoms with E-state index >= 15 is 0 Å². The maximum Gasteiger partial charge on any atom is 0.0987 e. The smallest absolute Gasteiger partial charge is 0.0987 e. The van der Waals surface area contributed by atoms with Crippen LogP contribution in [0.25, 0.3) is 259 Å². The van der Waals surface area contributed by atoms with Gasteiger partial charge in [-0.1, -0.05) is 378 Å². The van der Waals surface area contributed by atoms with Crippen molar-refractivity contribution in [2.24, 2.45) is 0 Å². The minimum atomic E-state index is -0.124. The average Bonchev–Trinajstić information content (AvgIpc) is 1.56. The van der Waals surface area contributed by atoms with Crippen LogP contribution >= 0.6 is 45.3 Å². The molecule has 0 fully saturated rings. The molecule has 28 aromatic rings. The number of para-hydroxylation sites is 3. The summed E-state index contributed by atoms with van der Waals surface area (Å²) < 4.78 is 10.3. The lowest BCUT2D eigenvalue weighted by atomic mass is 9.81. The number of aromatic nitrogens is 8. The predicted octanol–water partition coefficient (Wildman–Crippen LogP) is 36.1. The molecule has 0 saturated heterocycles. The number of hydrogen-bond donors (Lipinski definition) is 0. The predicted molar refractivity (Wildman–Crippen MR) is 599 cm³/mol. The molecule has 9 heterocycles. The molecule has 0 radical (unpaired) electrons. The highest BCUT2D eigenvalue weighted by molar-refractivity contribution is 7.27. The number of benzene rings is 19. The first-order chi connectivity index (χ1) is 69.7. The monoisotopic (exact) mass is 1870 g/mol. The number of nitrogens with zero attached hydrogens (tertiary/aromatic N) is 8. The minimum absolute atomic E-state index is 0.124. The Morgan fingerprint density at radius 3 is 1.09 bits per heavy atom. The molecule has 0 unspecified atom stereocenters. The second kappa shape index (κ2) is 35.5. The first-order valence-corrected chi connectivity index (χ1v) is 50.7. The Morgan fingerprint density at radius 1 is 0.184 bits per heavy atom. The average molecular weight is 1870 g/mol. The van der Waals surface area contributed by atoms with Crippen LogP contribution in [-0.2, 0) is 5.41 Å². The quantitative estimate of drug-likeness (QED) is 0.133. The molecule has 1 aliphatic rings. The van der Waals surface area contributed by atoms with Crippen molar-refractivity contribution in [3.63, 3.8) is 0 Å². The van der Waals surface area contributed by atoms with Gasteiger partial charge in [0, 0.05) is 153 Å². The first kappa shape index (κ1) is 84.4. The normalized spacial score (nSPS) is 12.1. The maximum absolute atomic E-state index is 5.30. The molecular formula is C129H82N8S4. The lowest BCUT2D eigenvalue weighted by Crippen LogP contribution is -2.15. The first-order valence-electron chi connectivity index (χ1n) is 47.4. The molecule has 141 heavy (non-hydrogen) atoms. The fourth-order valence-electron chi connectivity index (χ4n) is 20.5. The second-order valence-corrected chi connectivity index (χ2v) is 40.3. The van der Waals surface area contributed by atoms with Crippen LogP contribution in [0.1, 0.15) is 25.0 Å². The summed E-state index contributed by atoms with van der Waals surface area (Å²) in [5, 5.41) is 14.0. The SMILES string of the molecule is CC1(C)c2cc(-c3nc4ccccc4nc3-c3cccc4c3sc3ccccc34)ccc2-c2cc3ccccc3cc21.c1ccc(-c2nc(-c3cccc4c3sc3ccccc34)cc3ncccc23)cc1.c1ccc(-c2nc3ccc(-c4cccc5c4sc4ccccc45)cc3nc2-c2ccccc2)cc1.c1ccc(-c2nc3cccc(-c4cccc5c4sc4ccccc45)c3nc2-c2ccccc2)cc1. The van der Waals surface area contributed by atoms with Crippen LogP contribution in [0.2, 0.25) is 0 Å². The lowest BCUT2D eigenvalue weighted by molar-refractivity contribution is 0.661. The van der Waals surface area contributed by atoms with E-state index in [0.717, 1.165) is 145 Å². The topological polar surface area (TPSA) is 103 Å². The Bertz CT molecular complexity index is 9760. The van der Waals surface area contributed by atoms with Crippen molar-refractivity contribution in [3.8, 4) is 123 Å². The van der Waals surface area contributed by atoms with Crippen LogP contribution in [0.15, 0.2) is 461 Å². The zero-order chi connectivity index (χ0) is 93.6. The van der Waals surface area contributed by atoms with Gasteiger partial charge in [0.2, 0.25) is 0 Å². The summed E-state index contributed by atoms with van der Waals surface area (Å²) >= 11 is 7.36. The summed E-state index contributed by atoms with van der Waals surface area (Å²) in [6.07, 6.45) is 1.85.